The number of benzene rings is 2. The van der Waals surface area contributed by atoms with Crippen molar-refractivity contribution < 1.29 is 13.2 Å². The summed E-state index contributed by atoms with van der Waals surface area (Å²) in [6, 6.07) is 15.0. The standard InChI is InChI=1S/C20H14Cl2N4O3S/c21-14-4-3-7-17(18(14)22)30(27,28)26-19-20(29-12-13-8-10-23-11-9-13)25-16-6-2-1-5-15(16)24-19/h1-11H,12H2,(H,24,26). The molecule has 0 radical (unpaired) electrons. The highest BCUT2D eigenvalue weighted by Gasteiger charge is 2.23. The summed E-state index contributed by atoms with van der Waals surface area (Å²) in [4.78, 5) is 12.6. The first-order valence-electron chi connectivity index (χ1n) is 8.69. The SMILES string of the molecule is O=S(=O)(Nc1nc2ccccc2nc1OCc1ccncc1)c1cccc(Cl)c1Cl. The van der Waals surface area contributed by atoms with E-state index in [1.165, 1.54) is 18.2 Å². The molecule has 1 N–H and O–H groups in total. The third-order valence-corrected chi connectivity index (χ3v) is 6.41. The normalized spacial score (nSPS) is 11.4. The van der Waals surface area contributed by atoms with Crippen molar-refractivity contribution >= 4 is 50.1 Å². The first-order chi connectivity index (χ1) is 14.4. The summed E-state index contributed by atoms with van der Waals surface area (Å²) in [5, 5.41) is 0.0398. The summed E-state index contributed by atoms with van der Waals surface area (Å²) in [7, 11) is -4.10. The molecule has 0 aliphatic heterocycles. The van der Waals surface area contributed by atoms with Gasteiger partial charge in [0.05, 0.1) is 21.1 Å². The van der Waals surface area contributed by atoms with Crippen LogP contribution in [0.3, 0.4) is 0 Å². The number of nitrogens with zero attached hydrogens (tertiary/aromatic N) is 3. The number of aromatic nitrogens is 3. The Kier molecular flexibility index (Phi) is 5.72. The summed E-state index contributed by atoms with van der Waals surface area (Å²) in [6.07, 6.45) is 3.27. The minimum Gasteiger partial charge on any atom is -0.470 e. The lowest BCUT2D eigenvalue weighted by atomic mass is 10.3. The van der Waals surface area contributed by atoms with E-state index in [0.717, 1.165) is 5.56 Å². The van der Waals surface area contributed by atoms with E-state index in [2.05, 4.69) is 19.7 Å². The molecule has 0 saturated carbocycles. The van der Waals surface area contributed by atoms with E-state index in [9.17, 15) is 8.42 Å². The molecule has 4 aromatic rings. The van der Waals surface area contributed by atoms with E-state index in [-0.39, 0.29) is 33.2 Å². The molecule has 2 aromatic heterocycles. The number of halogens is 2. The Balaban J connectivity index is 1.73. The van der Waals surface area contributed by atoms with Crippen LogP contribution in [-0.2, 0) is 16.6 Å². The maximum atomic E-state index is 13.0. The van der Waals surface area contributed by atoms with Crippen LogP contribution in [0.25, 0.3) is 11.0 Å². The average molecular weight is 461 g/mol. The van der Waals surface area contributed by atoms with Crippen LogP contribution in [0, 0.1) is 0 Å². The molecule has 2 heterocycles. The molecule has 7 nitrogen and oxygen atoms in total. The van der Waals surface area contributed by atoms with Gasteiger partial charge in [0, 0.05) is 12.4 Å². The molecular weight excluding hydrogens is 447 g/mol. The highest BCUT2D eigenvalue weighted by Crippen LogP contribution is 2.32. The lowest BCUT2D eigenvalue weighted by molar-refractivity contribution is 0.295. The molecule has 152 valence electrons. The number of nitrogens with one attached hydrogen (secondary N) is 1. The van der Waals surface area contributed by atoms with Crippen molar-refractivity contribution in [2.75, 3.05) is 4.72 Å². The molecular formula is C20H14Cl2N4O3S. The number of pyridine rings is 1. The van der Waals surface area contributed by atoms with Crippen LogP contribution < -0.4 is 9.46 Å². The molecule has 0 spiro atoms. The zero-order valence-electron chi connectivity index (χ0n) is 15.3. The molecule has 2 aromatic carbocycles. The lowest BCUT2D eigenvalue weighted by Crippen LogP contribution is -2.16. The van der Waals surface area contributed by atoms with E-state index in [4.69, 9.17) is 27.9 Å². The van der Waals surface area contributed by atoms with Gasteiger partial charge in [-0.3, -0.25) is 9.71 Å². The first kappa shape index (κ1) is 20.3. The number of anilines is 1. The molecule has 4 rings (SSSR count). The van der Waals surface area contributed by atoms with Gasteiger partial charge in [0.1, 0.15) is 11.5 Å². The average Bonchev–Trinajstić information content (AvgIpc) is 2.74. The predicted octanol–water partition coefficient (Wildman–Crippen LogP) is 4.71. The summed E-state index contributed by atoms with van der Waals surface area (Å²) in [6.45, 7) is 0.155. The van der Waals surface area contributed by atoms with Gasteiger partial charge < -0.3 is 4.74 Å². The van der Waals surface area contributed by atoms with Crippen LogP contribution in [0.2, 0.25) is 10.0 Å². The number of para-hydroxylation sites is 2. The van der Waals surface area contributed by atoms with Crippen molar-refractivity contribution in [3.63, 3.8) is 0 Å². The molecule has 0 aliphatic carbocycles. The largest absolute Gasteiger partial charge is 0.470 e. The summed E-state index contributed by atoms with van der Waals surface area (Å²) in [5.74, 6) is -0.0222. The fourth-order valence-corrected chi connectivity index (χ4v) is 4.42. The van der Waals surface area contributed by atoms with Crippen LogP contribution in [0.4, 0.5) is 5.82 Å². The molecule has 0 aliphatic rings. The Morgan fingerprint density at radius 3 is 2.33 bits per heavy atom. The Morgan fingerprint density at radius 2 is 1.60 bits per heavy atom. The second-order valence-corrected chi connectivity index (χ2v) is 8.60. The van der Waals surface area contributed by atoms with E-state index in [1.54, 1.807) is 48.8 Å². The van der Waals surface area contributed by atoms with Gasteiger partial charge in [0.2, 0.25) is 5.82 Å². The maximum Gasteiger partial charge on any atom is 0.264 e. The van der Waals surface area contributed by atoms with Gasteiger partial charge in [-0.25, -0.2) is 18.4 Å². The van der Waals surface area contributed by atoms with Gasteiger partial charge >= 0.3 is 0 Å². The van der Waals surface area contributed by atoms with E-state index in [1.807, 2.05) is 0 Å². The van der Waals surface area contributed by atoms with Crippen molar-refractivity contribution in [3.8, 4) is 5.88 Å². The lowest BCUT2D eigenvalue weighted by Gasteiger charge is -2.14. The third-order valence-electron chi connectivity index (χ3n) is 4.10. The van der Waals surface area contributed by atoms with Gasteiger partial charge in [-0.2, -0.15) is 0 Å². The molecule has 0 saturated heterocycles. The second kappa shape index (κ2) is 8.43. The van der Waals surface area contributed by atoms with Crippen LogP contribution >= 0.6 is 23.2 Å². The van der Waals surface area contributed by atoms with Gasteiger partial charge in [-0.15, -0.1) is 0 Å². The molecule has 0 amide bonds. The van der Waals surface area contributed by atoms with Crippen molar-refractivity contribution in [2.45, 2.75) is 11.5 Å². The second-order valence-electron chi connectivity index (χ2n) is 6.17. The monoisotopic (exact) mass is 460 g/mol. The molecule has 30 heavy (non-hydrogen) atoms. The van der Waals surface area contributed by atoms with Gasteiger partial charge in [-0.05, 0) is 42.0 Å². The molecule has 10 heteroatoms. The fraction of sp³-hybridized carbons (Fsp3) is 0.0500. The Labute approximate surface area is 182 Å². The minimum absolute atomic E-state index is 0.0345. The number of ether oxygens (including phenoxy) is 1. The molecule has 0 atom stereocenters. The number of fused-ring (bicyclic) bond motifs is 1. The minimum atomic E-state index is -4.10. The smallest absolute Gasteiger partial charge is 0.264 e. The molecule has 0 bridgehead atoms. The van der Waals surface area contributed by atoms with Crippen LogP contribution in [-0.4, -0.2) is 23.4 Å². The zero-order chi connectivity index (χ0) is 21.1. The van der Waals surface area contributed by atoms with E-state index >= 15 is 0 Å². The highest BCUT2D eigenvalue weighted by molar-refractivity contribution is 7.92. The van der Waals surface area contributed by atoms with Gasteiger partial charge in [-0.1, -0.05) is 41.4 Å². The quantitative estimate of drug-likeness (QED) is 0.447. The van der Waals surface area contributed by atoms with Crippen molar-refractivity contribution in [1.29, 1.82) is 0 Å². The van der Waals surface area contributed by atoms with Crippen LogP contribution in [0.5, 0.6) is 5.88 Å². The number of hydrogen-bond acceptors (Lipinski definition) is 6. The van der Waals surface area contributed by atoms with E-state index in [0.29, 0.717) is 11.0 Å². The molecule has 0 fully saturated rings. The number of rotatable bonds is 6. The Morgan fingerprint density at radius 1 is 0.900 bits per heavy atom. The maximum absolute atomic E-state index is 13.0. The van der Waals surface area contributed by atoms with Crippen molar-refractivity contribution in [3.05, 3.63) is 82.6 Å². The topological polar surface area (TPSA) is 94.1 Å². The summed E-state index contributed by atoms with van der Waals surface area (Å²) >= 11 is 12.1. The first-order valence-corrected chi connectivity index (χ1v) is 10.9. The highest BCUT2D eigenvalue weighted by atomic mass is 35.5. The van der Waals surface area contributed by atoms with Crippen LogP contribution in [0.1, 0.15) is 5.56 Å². The third kappa shape index (κ3) is 4.30. The zero-order valence-corrected chi connectivity index (χ0v) is 17.6. The Bertz CT molecular complexity index is 1320. The summed E-state index contributed by atoms with van der Waals surface area (Å²) < 4.78 is 34.1. The van der Waals surface area contributed by atoms with Crippen LogP contribution in [0.15, 0.2) is 71.9 Å². The van der Waals surface area contributed by atoms with Crippen molar-refractivity contribution in [2.24, 2.45) is 0 Å². The summed E-state index contributed by atoms with van der Waals surface area (Å²) in [5.41, 5.74) is 1.90. The van der Waals surface area contributed by atoms with Crippen molar-refractivity contribution in [1.82, 2.24) is 15.0 Å². The fourth-order valence-electron chi connectivity index (χ4n) is 2.66. The van der Waals surface area contributed by atoms with E-state index < -0.39 is 10.0 Å². The Hall–Kier alpha value is -2.94. The van der Waals surface area contributed by atoms with Gasteiger partial charge in [0.15, 0.2) is 0 Å². The predicted molar refractivity (Wildman–Crippen MR) is 115 cm³/mol. The van der Waals surface area contributed by atoms with Gasteiger partial charge in [0.25, 0.3) is 15.9 Å². The number of hydrogen-bond donors (Lipinski definition) is 1. The number of sulfonamides is 1. The molecule has 0 unspecified atom stereocenters.